The molecule has 0 aliphatic carbocycles. The molecule has 368 valence electrons. The number of allylic oxidation sites excluding steroid dienone is 20. The molecule has 2 heterocycles. The number of anilines is 2. The molecule has 0 spiro atoms. The van der Waals surface area contributed by atoms with E-state index in [1.165, 1.54) is 0 Å². The summed E-state index contributed by atoms with van der Waals surface area (Å²) in [5, 5.41) is 4.25. The number of benzene rings is 2. The Morgan fingerprint density at radius 2 is 1.01 bits per heavy atom. The smallest absolute Gasteiger partial charge is 0.310 e. The van der Waals surface area contributed by atoms with Crippen molar-refractivity contribution in [2.75, 3.05) is 18.5 Å². The minimum absolute atomic E-state index is 0.00593. The van der Waals surface area contributed by atoms with Gasteiger partial charge in [-0.25, -0.2) is 0 Å². The molecule has 0 aromatic heterocycles. The summed E-state index contributed by atoms with van der Waals surface area (Å²) in [5.74, 6) is -0.390. The third-order valence-corrected chi connectivity index (χ3v) is 11.5. The van der Waals surface area contributed by atoms with Crippen molar-refractivity contribution in [3.05, 3.63) is 180 Å². The zero-order chi connectivity index (χ0) is 48.1. The van der Waals surface area contributed by atoms with Gasteiger partial charge in [0.25, 0.3) is 0 Å². The van der Waals surface area contributed by atoms with Gasteiger partial charge in [0.1, 0.15) is 24.9 Å². The standard InChI is InChI=1S/C59H77Cl2NO6/c1-3-5-7-9-11-13-15-17-19-21-23-25-27-29-31-33-35-44-54-58(67-54)65-48-50(47-64-56(63)46-49-40-37-38-43-53(49)62-57-51(60)41-39-42-52(57)61)66-59-55(68-59)45-36-34-32-30-28-26-24-22-20-18-16-14-12-10-8-6-4-2/h5-8,11-14,17-20,23-26,29-32,37-43,50,54-55,58-59,62H,3-4,9-10,15-16,21-22,27-28,33-36,44-48H2,1-2H3/b7-5-,8-6-,13-11-,14-12-,19-17-,20-18-,25-23-,26-24-,31-29-,32-30-. The highest BCUT2D eigenvalue weighted by atomic mass is 35.5. The van der Waals surface area contributed by atoms with Crippen molar-refractivity contribution in [2.24, 2.45) is 0 Å². The lowest BCUT2D eigenvalue weighted by atomic mass is 10.1. The van der Waals surface area contributed by atoms with Gasteiger partial charge in [-0.3, -0.25) is 4.79 Å². The number of esters is 1. The molecule has 2 aliphatic rings. The summed E-state index contributed by atoms with van der Waals surface area (Å²) >= 11 is 12.8. The topological polar surface area (TPSA) is 81.9 Å². The molecular weight excluding hydrogens is 890 g/mol. The van der Waals surface area contributed by atoms with Gasteiger partial charge in [0.15, 0.2) is 12.6 Å². The summed E-state index contributed by atoms with van der Waals surface area (Å²) in [7, 11) is 0. The third-order valence-electron chi connectivity index (χ3n) is 10.9. The number of carbonyl (C=O) groups excluding carboxylic acids is 1. The highest BCUT2D eigenvalue weighted by molar-refractivity contribution is 6.39. The van der Waals surface area contributed by atoms with Gasteiger partial charge in [-0.15, -0.1) is 0 Å². The number of carbonyl (C=O) groups is 1. The fourth-order valence-corrected chi connectivity index (χ4v) is 7.49. The Bertz CT molecular complexity index is 1990. The van der Waals surface area contributed by atoms with Crippen LogP contribution in [0.5, 0.6) is 0 Å². The van der Waals surface area contributed by atoms with E-state index in [9.17, 15) is 4.79 Å². The summed E-state index contributed by atoms with van der Waals surface area (Å²) in [4.78, 5) is 13.3. The van der Waals surface area contributed by atoms with Crippen LogP contribution in [0.1, 0.15) is 122 Å². The van der Waals surface area contributed by atoms with Crippen LogP contribution in [0.2, 0.25) is 10.0 Å². The van der Waals surface area contributed by atoms with E-state index in [-0.39, 0.29) is 50.4 Å². The summed E-state index contributed by atoms with van der Waals surface area (Å²) in [6.07, 6.45) is 59.0. The van der Waals surface area contributed by atoms with Crippen LogP contribution in [-0.2, 0) is 34.9 Å². The Morgan fingerprint density at radius 1 is 0.574 bits per heavy atom. The van der Waals surface area contributed by atoms with E-state index in [2.05, 4.69) is 141 Å². The number of halogens is 2. The van der Waals surface area contributed by atoms with Gasteiger partial charge in [0, 0.05) is 5.69 Å². The van der Waals surface area contributed by atoms with Crippen molar-refractivity contribution in [1.82, 2.24) is 0 Å². The van der Waals surface area contributed by atoms with Crippen molar-refractivity contribution >= 4 is 40.5 Å². The first kappa shape index (κ1) is 56.1. The van der Waals surface area contributed by atoms with E-state index in [1.54, 1.807) is 18.2 Å². The second-order valence-electron chi connectivity index (χ2n) is 16.7. The molecule has 2 aromatic rings. The number of hydrogen-bond donors (Lipinski definition) is 1. The highest BCUT2D eigenvalue weighted by Crippen LogP contribution is 2.34. The fourth-order valence-electron chi connectivity index (χ4n) is 7.00. The maximum absolute atomic E-state index is 13.3. The lowest BCUT2D eigenvalue weighted by Gasteiger charge is -2.18. The molecule has 2 aromatic carbocycles. The van der Waals surface area contributed by atoms with Gasteiger partial charge in [0.2, 0.25) is 0 Å². The van der Waals surface area contributed by atoms with Crippen molar-refractivity contribution in [3.8, 4) is 0 Å². The van der Waals surface area contributed by atoms with Crippen molar-refractivity contribution < 1.29 is 28.5 Å². The zero-order valence-electron chi connectivity index (χ0n) is 40.6. The Kier molecular flexibility index (Phi) is 30.1. The van der Waals surface area contributed by atoms with Crippen LogP contribution in [0.25, 0.3) is 0 Å². The van der Waals surface area contributed by atoms with Crippen LogP contribution in [0.3, 0.4) is 0 Å². The normalized spacial score (nSPS) is 19.1. The molecule has 5 unspecified atom stereocenters. The number of ether oxygens (including phenoxy) is 5. The van der Waals surface area contributed by atoms with Crippen LogP contribution >= 0.6 is 23.2 Å². The van der Waals surface area contributed by atoms with Crippen molar-refractivity contribution in [3.63, 3.8) is 0 Å². The number of epoxide rings is 2. The number of nitrogens with one attached hydrogen (secondary N) is 1. The number of unbranched alkanes of at least 4 members (excludes halogenated alkanes) is 2. The molecule has 0 saturated carbocycles. The molecule has 2 saturated heterocycles. The maximum atomic E-state index is 13.3. The van der Waals surface area contributed by atoms with Gasteiger partial charge < -0.3 is 29.0 Å². The summed E-state index contributed by atoms with van der Waals surface area (Å²) in [6.45, 7) is 4.56. The van der Waals surface area contributed by atoms with Gasteiger partial charge in [-0.2, -0.15) is 0 Å². The Morgan fingerprint density at radius 3 is 1.51 bits per heavy atom. The largest absolute Gasteiger partial charge is 0.463 e. The van der Waals surface area contributed by atoms with Crippen LogP contribution < -0.4 is 5.32 Å². The zero-order valence-corrected chi connectivity index (χ0v) is 42.1. The van der Waals surface area contributed by atoms with Crippen LogP contribution in [-0.4, -0.2) is 50.1 Å². The molecule has 2 aliphatic heterocycles. The van der Waals surface area contributed by atoms with Gasteiger partial charge in [-0.05, 0) is 126 Å². The quantitative estimate of drug-likeness (QED) is 0.0313. The second kappa shape index (κ2) is 36.5. The molecule has 68 heavy (non-hydrogen) atoms. The van der Waals surface area contributed by atoms with E-state index in [1.807, 2.05) is 24.3 Å². The Hall–Kier alpha value is -4.47. The first-order valence-corrected chi connectivity index (χ1v) is 25.8. The molecule has 7 nitrogen and oxygen atoms in total. The van der Waals surface area contributed by atoms with Crippen LogP contribution in [0.15, 0.2) is 164 Å². The molecular formula is C59H77Cl2NO6. The molecule has 0 radical (unpaired) electrons. The molecule has 5 atom stereocenters. The highest BCUT2D eigenvalue weighted by Gasteiger charge is 2.43. The van der Waals surface area contributed by atoms with Crippen molar-refractivity contribution in [1.29, 1.82) is 0 Å². The summed E-state index contributed by atoms with van der Waals surface area (Å²) in [5.41, 5.74) is 2.04. The summed E-state index contributed by atoms with van der Waals surface area (Å²) < 4.78 is 30.0. The minimum Gasteiger partial charge on any atom is -0.463 e. The van der Waals surface area contributed by atoms with E-state index in [0.29, 0.717) is 21.4 Å². The molecule has 0 bridgehead atoms. The van der Waals surface area contributed by atoms with E-state index >= 15 is 0 Å². The lowest BCUT2D eigenvalue weighted by Crippen LogP contribution is -2.30. The van der Waals surface area contributed by atoms with E-state index in [0.717, 1.165) is 108 Å². The predicted molar refractivity (Wildman–Crippen MR) is 286 cm³/mol. The molecule has 0 amide bonds. The Balaban J connectivity index is 1.15. The Labute approximate surface area is 419 Å². The number of rotatable bonds is 37. The molecule has 2 fully saturated rings. The molecule has 9 heteroatoms. The van der Waals surface area contributed by atoms with E-state index < -0.39 is 6.10 Å². The molecule has 4 rings (SSSR count). The van der Waals surface area contributed by atoms with Gasteiger partial charge in [-0.1, -0.05) is 183 Å². The van der Waals surface area contributed by atoms with Crippen molar-refractivity contribution in [2.45, 2.75) is 154 Å². The predicted octanol–water partition coefficient (Wildman–Crippen LogP) is 16.5. The monoisotopic (exact) mass is 966 g/mol. The van der Waals surface area contributed by atoms with Gasteiger partial charge in [0.05, 0.1) is 28.8 Å². The van der Waals surface area contributed by atoms with E-state index in [4.69, 9.17) is 46.9 Å². The van der Waals surface area contributed by atoms with Crippen LogP contribution in [0, 0.1) is 0 Å². The number of hydrogen-bond acceptors (Lipinski definition) is 7. The molecule has 1 N–H and O–H groups in total. The first-order valence-electron chi connectivity index (χ1n) is 25.0. The first-order chi connectivity index (χ1) is 33.5. The minimum atomic E-state index is -0.513. The summed E-state index contributed by atoms with van der Waals surface area (Å²) in [6, 6.07) is 12.8. The average Bonchev–Trinajstić information content (AvgIpc) is 4.28. The third kappa shape index (κ3) is 26.3. The van der Waals surface area contributed by atoms with Gasteiger partial charge >= 0.3 is 5.97 Å². The SMILES string of the molecule is CC/C=C\C/C=C\C/C=C\C/C=C\C/C=C\CCCC1OC1OCC(COC(=O)Cc1ccccc1Nc1c(Cl)cccc1Cl)OC1OC1CCC/C=C\C/C=C\C/C=C\C/C=C\C/C=C\CC. The maximum Gasteiger partial charge on any atom is 0.310 e. The fraction of sp³-hybridized carbons (Fsp3) is 0.441. The second-order valence-corrected chi connectivity index (χ2v) is 17.5. The average molecular weight is 967 g/mol. The lowest BCUT2D eigenvalue weighted by molar-refractivity contribution is -0.152. The van der Waals surface area contributed by atoms with Crippen LogP contribution in [0.4, 0.5) is 11.4 Å². The number of para-hydroxylation sites is 2.